The predicted octanol–water partition coefficient (Wildman–Crippen LogP) is 1.13. The summed E-state index contributed by atoms with van der Waals surface area (Å²) in [4.78, 5) is 28.4. The molecule has 1 aliphatic heterocycles. The lowest BCUT2D eigenvalue weighted by Crippen LogP contribution is -2.56. The lowest BCUT2D eigenvalue weighted by atomic mass is 10.0. The molecule has 0 aromatic heterocycles. The van der Waals surface area contributed by atoms with Gasteiger partial charge in [-0.25, -0.2) is 0 Å². The smallest absolute Gasteiger partial charge is 0.249 e. The van der Waals surface area contributed by atoms with Crippen LogP contribution in [0, 0.1) is 0 Å². The van der Waals surface area contributed by atoms with Crippen LogP contribution in [0.1, 0.15) is 25.7 Å². The molecule has 0 radical (unpaired) electrons. The summed E-state index contributed by atoms with van der Waals surface area (Å²) in [6.45, 7) is 0.704. The average molecular weight is 287 g/mol. The van der Waals surface area contributed by atoms with Crippen LogP contribution < -0.4 is 10.6 Å². The number of anilines is 1. The maximum atomic E-state index is 12.7. The highest BCUT2D eigenvalue weighted by atomic mass is 16.2. The lowest BCUT2D eigenvalue weighted by molar-refractivity contribution is -0.140. The fourth-order valence-corrected chi connectivity index (χ4v) is 2.92. The van der Waals surface area contributed by atoms with Crippen LogP contribution in [0.15, 0.2) is 30.3 Å². The highest BCUT2D eigenvalue weighted by Crippen LogP contribution is 2.35. The molecule has 1 atom stereocenters. The van der Waals surface area contributed by atoms with E-state index in [4.69, 9.17) is 5.73 Å². The van der Waals surface area contributed by atoms with Gasteiger partial charge in [-0.2, -0.15) is 0 Å². The Labute approximate surface area is 124 Å². The Hall–Kier alpha value is -1.88. The minimum atomic E-state index is -0.718. The van der Waals surface area contributed by atoms with Crippen molar-refractivity contribution in [2.75, 3.05) is 18.5 Å². The monoisotopic (exact) mass is 287 g/mol. The number of hydrogen-bond donors (Lipinski definition) is 1. The number of benzene rings is 1. The zero-order chi connectivity index (χ0) is 15.0. The number of hydrogen-bond acceptors (Lipinski definition) is 3. The molecule has 1 aromatic rings. The quantitative estimate of drug-likeness (QED) is 0.906. The number of rotatable bonds is 3. The Bertz CT molecular complexity index is 554. The molecule has 1 saturated heterocycles. The summed E-state index contributed by atoms with van der Waals surface area (Å²) in [7, 11) is 1.70. The molecule has 2 amide bonds. The van der Waals surface area contributed by atoms with Crippen LogP contribution in [0.25, 0.3) is 0 Å². The molecule has 3 rings (SSSR count). The van der Waals surface area contributed by atoms with Crippen molar-refractivity contribution in [3.63, 3.8) is 0 Å². The maximum Gasteiger partial charge on any atom is 0.249 e. The van der Waals surface area contributed by atoms with E-state index in [0.29, 0.717) is 13.0 Å². The summed E-state index contributed by atoms with van der Waals surface area (Å²) in [6.07, 6.45) is 3.04. The van der Waals surface area contributed by atoms with Gasteiger partial charge in [-0.15, -0.1) is 0 Å². The third-order valence-corrected chi connectivity index (χ3v) is 4.48. The molecular weight excluding hydrogens is 266 g/mol. The lowest BCUT2D eigenvalue weighted by Gasteiger charge is -2.37. The van der Waals surface area contributed by atoms with Crippen LogP contribution in [-0.2, 0) is 9.59 Å². The average Bonchev–Trinajstić information content (AvgIpc) is 3.26. The Morgan fingerprint density at radius 3 is 2.62 bits per heavy atom. The van der Waals surface area contributed by atoms with Crippen LogP contribution in [0.4, 0.5) is 5.69 Å². The number of nitrogens with two attached hydrogens (primary N) is 1. The van der Waals surface area contributed by atoms with Gasteiger partial charge in [0, 0.05) is 19.3 Å². The van der Waals surface area contributed by atoms with Gasteiger partial charge in [0.1, 0.15) is 6.04 Å². The van der Waals surface area contributed by atoms with Crippen LogP contribution >= 0.6 is 0 Å². The molecule has 5 nitrogen and oxygen atoms in total. The molecule has 1 heterocycles. The molecule has 112 valence electrons. The second-order valence-corrected chi connectivity index (χ2v) is 6.06. The van der Waals surface area contributed by atoms with Gasteiger partial charge in [0.05, 0.1) is 5.54 Å². The highest BCUT2D eigenvalue weighted by Gasteiger charge is 2.49. The van der Waals surface area contributed by atoms with E-state index in [2.05, 4.69) is 0 Å². The molecule has 2 N–H and O–H groups in total. The van der Waals surface area contributed by atoms with Gasteiger partial charge < -0.3 is 15.5 Å². The number of likely N-dealkylation sites (N-methyl/N-ethyl adjacent to an activating group) is 1. The third-order valence-electron chi connectivity index (χ3n) is 4.48. The molecule has 1 aromatic carbocycles. The summed E-state index contributed by atoms with van der Waals surface area (Å²) < 4.78 is 0. The zero-order valence-corrected chi connectivity index (χ0v) is 12.3. The molecular formula is C16H21N3O2. The zero-order valence-electron chi connectivity index (χ0n) is 12.3. The van der Waals surface area contributed by atoms with Crippen LogP contribution in [0.5, 0.6) is 0 Å². The third kappa shape index (κ3) is 2.53. The molecule has 2 aliphatic rings. The Balaban J connectivity index is 1.77. The van der Waals surface area contributed by atoms with Crippen molar-refractivity contribution in [2.45, 2.75) is 37.3 Å². The standard InChI is InChI=1S/C16H21N3O2/c1-18(15(21)16(17)9-10-16)13-8-5-11-19(14(13)20)12-6-3-2-4-7-12/h2-4,6-7,13H,5,8-11,17H2,1H3. The summed E-state index contributed by atoms with van der Waals surface area (Å²) in [5.41, 5.74) is 6.15. The first-order chi connectivity index (χ1) is 10.0. The van der Waals surface area contributed by atoms with E-state index in [1.165, 1.54) is 0 Å². The van der Waals surface area contributed by atoms with E-state index >= 15 is 0 Å². The molecule has 21 heavy (non-hydrogen) atoms. The van der Waals surface area contributed by atoms with Crippen LogP contribution in [0.2, 0.25) is 0 Å². The molecule has 0 bridgehead atoms. The largest absolute Gasteiger partial charge is 0.332 e. The van der Waals surface area contributed by atoms with Crippen molar-refractivity contribution in [3.05, 3.63) is 30.3 Å². The number of piperidine rings is 1. The minimum absolute atomic E-state index is 0.00690. The fourth-order valence-electron chi connectivity index (χ4n) is 2.92. The number of para-hydroxylation sites is 1. The van der Waals surface area contributed by atoms with Crippen molar-refractivity contribution in [1.29, 1.82) is 0 Å². The van der Waals surface area contributed by atoms with Gasteiger partial charge in [0.25, 0.3) is 0 Å². The number of carbonyl (C=O) groups is 2. The van der Waals surface area contributed by atoms with E-state index < -0.39 is 11.6 Å². The van der Waals surface area contributed by atoms with Crippen LogP contribution in [0.3, 0.4) is 0 Å². The Kier molecular flexibility index (Phi) is 3.45. The first kappa shape index (κ1) is 14.1. The first-order valence-electron chi connectivity index (χ1n) is 7.45. The van der Waals surface area contributed by atoms with Gasteiger partial charge in [-0.1, -0.05) is 18.2 Å². The minimum Gasteiger partial charge on any atom is -0.332 e. The second kappa shape index (κ2) is 5.15. The van der Waals surface area contributed by atoms with Crippen molar-refractivity contribution in [2.24, 2.45) is 5.73 Å². The van der Waals surface area contributed by atoms with E-state index in [9.17, 15) is 9.59 Å². The molecule has 5 heteroatoms. The van der Waals surface area contributed by atoms with Gasteiger partial charge in [0.2, 0.25) is 11.8 Å². The summed E-state index contributed by atoms with van der Waals surface area (Å²) in [5, 5.41) is 0. The van der Waals surface area contributed by atoms with Gasteiger partial charge >= 0.3 is 0 Å². The number of amides is 2. The summed E-state index contributed by atoms with van der Waals surface area (Å²) in [6, 6.07) is 9.21. The van der Waals surface area contributed by atoms with Crippen molar-refractivity contribution < 1.29 is 9.59 Å². The highest BCUT2D eigenvalue weighted by molar-refractivity contribution is 6.01. The van der Waals surface area contributed by atoms with Gasteiger partial charge in [0.15, 0.2) is 0 Å². The van der Waals surface area contributed by atoms with Crippen LogP contribution in [-0.4, -0.2) is 41.9 Å². The van der Waals surface area contributed by atoms with E-state index in [1.807, 2.05) is 30.3 Å². The molecule has 0 spiro atoms. The molecule has 1 aliphatic carbocycles. The van der Waals surface area contributed by atoms with Crippen molar-refractivity contribution >= 4 is 17.5 Å². The Morgan fingerprint density at radius 2 is 2.00 bits per heavy atom. The maximum absolute atomic E-state index is 12.7. The van der Waals surface area contributed by atoms with Crippen molar-refractivity contribution in [3.8, 4) is 0 Å². The first-order valence-corrected chi connectivity index (χ1v) is 7.45. The van der Waals surface area contributed by atoms with Gasteiger partial charge in [-0.3, -0.25) is 9.59 Å². The fraction of sp³-hybridized carbons (Fsp3) is 0.500. The van der Waals surface area contributed by atoms with E-state index in [0.717, 1.165) is 24.9 Å². The number of carbonyl (C=O) groups excluding carboxylic acids is 2. The predicted molar refractivity (Wildman–Crippen MR) is 80.7 cm³/mol. The topological polar surface area (TPSA) is 66.6 Å². The van der Waals surface area contributed by atoms with E-state index in [1.54, 1.807) is 16.8 Å². The summed E-state index contributed by atoms with van der Waals surface area (Å²) >= 11 is 0. The molecule has 1 saturated carbocycles. The van der Waals surface area contributed by atoms with E-state index in [-0.39, 0.29) is 11.8 Å². The second-order valence-electron chi connectivity index (χ2n) is 6.06. The SMILES string of the molecule is CN(C(=O)C1(N)CC1)C1CCCN(c2ccccc2)C1=O. The molecule has 2 fully saturated rings. The van der Waals surface area contributed by atoms with Crippen molar-refractivity contribution in [1.82, 2.24) is 4.90 Å². The normalized spacial score (nSPS) is 23.8. The summed E-state index contributed by atoms with van der Waals surface area (Å²) in [5.74, 6) is -0.108. The van der Waals surface area contributed by atoms with Gasteiger partial charge in [-0.05, 0) is 37.8 Å². The Morgan fingerprint density at radius 1 is 1.33 bits per heavy atom. The molecule has 1 unspecified atom stereocenters. The number of nitrogens with zero attached hydrogens (tertiary/aromatic N) is 2.